The Bertz CT molecular complexity index is 577. The number of nitrogens with zero attached hydrogens (tertiary/aromatic N) is 1. The van der Waals surface area contributed by atoms with Gasteiger partial charge in [-0.25, -0.2) is 4.39 Å². The Hall–Kier alpha value is -1.90. The third kappa shape index (κ3) is 4.28. The fourth-order valence-corrected chi connectivity index (χ4v) is 2.49. The first-order valence-corrected chi connectivity index (χ1v) is 7.05. The van der Waals surface area contributed by atoms with Gasteiger partial charge in [0.05, 0.1) is 12.1 Å². The highest BCUT2D eigenvalue weighted by Gasteiger charge is 2.20. The van der Waals surface area contributed by atoms with Crippen LogP contribution in [0.15, 0.2) is 18.2 Å². The van der Waals surface area contributed by atoms with Gasteiger partial charge in [0.2, 0.25) is 0 Å². The van der Waals surface area contributed by atoms with E-state index in [9.17, 15) is 9.18 Å². The van der Waals surface area contributed by atoms with E-state index in [1.54, 1.807) is 0 Å². The predicted octanol–water partition coefficient (Wildman–Crippen LogP) is 0.817. The Balaban J connectivity index is 2.04. The first-order chi connectivity index (χ1) is 10.1. The van der Waals surface area contributed by atoms with Crippen LogP contribution >= 0.6 is 0 Å². The summed E-state index contributed by atoms with van der Waals surface area (Å²) < 4.78 is 13.3. The molecule has 1 amide bonds. The first kappa shape index (κ1) is 15.5. The van der Waals surface area contributed by atoms with Crippen LogP contribution in [0.2, 0.25) is 0 Å². The molecule has 1 aliphatic rings. The zero-order chi connectivity index (χ0) is 15.2. The van der Waals surface area contributed by atoms with Crippen molar-refractivity contribution in [2.75, 3.05) is 33.2 Å². The summed E-state index contributed by atoms with van der Waals surface area (Å²) in [5.74, 6) is 5.24. The normalized spacial score (nSPS) is 18.1. The highest BCUT2D eigenvalue weighted by atomic mass is 19.1. The van der Waals surface area contributed by atoms with Gasteiger partial charge in [0.25, 0.3) is 5.91 Å². The Labute approximate surface area is 124 Å². The minimum atomic E-state index is -0.412. The molecule has 0 aliphatic carbocycles. The van der Waals surface area contributed by atoms with E-state index < -0.39 is 5.82 Å². The number of likely N-dealkylation sites (tertiary alicyclic amines) is 1. The Morgan fingerprint density at radius 1 is 1.57 bits per heavy atom. The second kappa shape index (κ2) is 7.21. The highest BCUT2D eigenvalue weighted by molar-refractivity contribution is 5.96. The lowest BCUT2D eigenvalue weighted by atomic mass is 10.1. The Morgan fingerprint density at radius 3 is 3.05 bits per heavy atom. The maximum atomic E-state index is 13.3. The summed E-state index contributed by atoms with van der Waals surface area (Å²) in [5.41, 5.74) is 6.09. The zero-order valence-electron chi connectivity index (χ0n) is 12.2. The molecule has 2 rings (SSSR count). The molecule has 3 N–H and O–H groups in total. The fraction of sp³-hybridized carbons (Fsp3) is 0.438. The lowest BCUT2D eigenvalue weighted by Crippen LogP contribution is -2.31. The third-order valence-corrected chi connectivity index (χ3v) is 3.59. The number of hydrogen-bond acceptors (Lipinski definition) is 3. The number of nitrogens with one attached hydrogen (secondary N) is 1. The molecule has 1 unspecified atom stereocenters. The molecule has 1 aromatic carbocycles. The van der Waals surface area contributed by atoms with Gasteiger partial charge in [0.15, 0.2) is 0 Å². The van der Waals surface area contributed by atoms with Crippen LogP contribution < -0.4 is 11.1 Å². The molecule has 1 atom stereocenters. The number of amides is 1. The molecule has 4 nitrogen and oxygen atoms in total. The summed E-state index contributed by atoms with van der Waals surface area (Å²) in [6, 6.07) is 4.00. The van der Waals surface area contributed by atoms with Crippen molar-refractivity contribution >= 4 is 5.91 Å². The molecule has 0 radical (unpaired) electrons. The summed E-state index contributed by atoms with van der Waals surface area (Å²) in [4.78, 5) is 14.5. The minimum absolute atomic E-state index is 0.173. The number of halogens is 1. The topological polar surface area (TPSA) is 58.4 Å². The summed E-state index contributed by atoms with van der Waals surface area (Å²) in [6.07, 6.45) is 1.08. The van der Waals surface area contributed by atoms with Gasteiger partial charge in [-0.1, -0.05) is 11.8 Å². The van der Waals surface area contributed by atoms with Crippen LogP contribution in [0.3, 0.4) is 0 Å². The molecule has 0 aromatic heterocycles. The Morgan fingerprint density at radius 2 is 2.38 bits per heavy atom. The van der Waals surface area contributed by atoms with Gasteiger partial charge in [-0.2, -0.15) is 0 Å². The van der Waals surface area contributed by atoms with Gasteiger partial charge in [-0.15, -0.1) is 0 Å². The summed E-state index contributed by atoms with van der Waals surface area (Å²) in [7, 11) is 2.07. The van der Waals surface area contributed by atoms with Gasteiger partial charge in [0, 0.05) is 18.7 Å². The van der Waals surface area contributed by atoms with Crippen molar-refractivity contribution in [1.29, 1.82) is 0 Å². The number of hydrogen-bond donors (Lipinski definition) is 2. The van der Waals surface area contributed by atoms with Crippen molar-refractivity contribution in [3.63, 3.8) is 0 Å². The number of rotatable bonds is 3. The van der Waals surface area contributed by atoms with E-state index in [0.717, 1.165) is 19.5 Å². The van der Waals surface area contributed by atoms with Crippen LogP contribution in [-0.4, -0.2) is 44.0 Å². The highest BCUT2D eigenvalue weighted by Crippen LogP contribution is 2.14. The molecule has 1 aromatic rings. The van der Waals surface area contributed by atoms with E-state index >= 15 is 0 Å². The van der Waals surface area contributed by atoms with Gasteiger partial charge >= 0.3 is 0 Å². The SMILES string of the molecule is CN1CCC(CNC(=O)c2ccc(F)cc2C#CCN)C1. The molecular weight excluding hydrogens is 269 g/mol. The predicted molar refractivity (Wildman–Crippen MR) is 80.3 cm³/mol. The van der Waals surface area contributed by atoms with Crippen molar-refractivity contribution in [3.05, 3.63) is 35.1 Å². The fourth-order valence-electron chi connectivity index (χ4n) is 2.49. The van der Waals surface area contributed by atoms with Crippen LogP contribution in [0.4, 0.5) is 4.39 Å². The molecule has 5 heteroatoms. The van der Waals surface area contributed by atoms with Crippen molar-refractivity contribution in [2.45, 2.75) is 6.42 Å². The van der Waals surface area contributed by atoms with Gasteiger partial charge in [-0.05, 0) is 44.1 Å². The molecule has 0 bridgehead atoms. The second-order valence-corrected chi connectivity index (χ2v) is 5.32. The molecule has 1 fully saturated rings. The maximum Gasteiger partial charge on any atom is 0.252 e. The number of nitrogens with two attached hydrogens (primary N) is 1. The van der Waals surface area contributed by atoms with Crippen molar-refractivity contribution < 1.29 is 9.18 Å². The van der Waals surface area contributed by atoms with Crippen molar-refractivity contribution in [2.24, 2.45) is 11.7 Å². The first-order valence-electron chi connectivity index (χ1n) is 7.05. The second-order valence-electron chi connectivity index (χ2n) is 5.32. The summed E-state index contributed by atoms with van der Waals surface area (Å²) in [6.45, 7) is 2.85. The lowest BCUT2D eigenvalue weighted by Gasteiger charge is -2.12. The molecule has 0 saturated carbocycles. The van der Waals surface area contributed by atoms with E-state index in [-0.39, 0.29) is 12.5 Å². The minimum Gasteiger partial charge on any atom is -0.352 e. The number of benzene rings is 1. The smallest absolute Gasteiger partial charge is 0.252 e. The molecule has 1 saturated heterocycles. The molecular formula is C16H20FN3O. The standard InChI is InChI=1S/C16H20FN3O/c1-20-8-6-12(11-20)10-19-16(21)15-5-4-14(17)9-13(15)3-2-7-18/h4-5,9,12H,6-8,10-11,18H2,1H3,(H,19,21). The van der Waals surface area contributed by atoms with E-state index in [0.29, 0.717) is 23.6 Å². The third-order valence-electron chi connectivity index (χ3n) is 3.59. The lowest BCUT2D eigenvalue weighted by molar-refractivity contribution is 0.0947. The molecule has 1 heterocycles. The quantitative estimate of drug-likeness (QED) is 0.810. The molecule has 1 aliphatic heterocycles. The number of carbonyl (C=O) groups is 1. The molecule has 0 spiro atoms. The molecule has 112 valence electrons. The summed E-state index contributed by atoms with van der Waals surface area (Å²) >= 11 is 0. The molecule has 21 heavy (non-hydrogen) atoms. The van der Waals surface area contributed by atoms with Gasteiger partial charge < -0.3 is 16.0 Å². The van der Waals surface area contributed by atoms with Gasteiger partial charge in [0.1, 0.15) is 5.82 Å². The van der Waals surface area contributed by atoms with E-state index in [1.807, 2.05) is 0 Å². The van der Waals surface area contributed by atoms with Gasteiger partial charge in [-0.3, -0.25) is 4.79 Å². The van der Waals surface area contributed by atoms with Crippen molar-refractivity contribution in [1.82, 2.24) is 10.2 Å². The van der Waals surface area contributed by atoms with Crippen LogP contribution in [0.25, 0.3) is 0 Å². The van der Waals surface area contributed by atoms with Crippen LogP contribution in [0, 0.1) is 23.6 Å². The van der Waals surface area contributed by atoms with Crippen LogP contribution in [0.1, 0.15) is 22.3 Å². The van der Waals surface area contributed by atoms with Crippen molar-refractivity contribution in [3.8, 4) is 11.8 Å². The summed E-state index contributed by atoms with van der Waals surface area (Å²) in [5, 5.41) is 2.91. The van der Waals surface area contributed by atoms with E-state index in [2.05, 4.69) is 29.1 Å². The number of carbonyl (C=O) groups excluding carboxylic acids is 1. The zero-order valence-corrected chi connectivity index (χ0v) is 12.2. The van der Waals surface area contributed by atoms with Crippen LogP contribution in [-0.2, 0) is 0 Å². The largest absolute Gasteiger partial charge is 0.352 e. The van der Waals surface area contributed by atoms with E-state index in [1.165, 1.54) is 18.2 Å². The van der Waals surface area contributed by atoms with E-state index in [4.69, 9.17) is 5.73 Å². The van der Waals surface area contributed by atoms with Crippen LogP contribution in [0.5, 0.6) is 0 Å². The Kier molecular flexibility index (Phi) is 5.32. The maximum absolute atomic E-state index is 13.3. The average molecular weight is 289 g/mol. The monoisotopic (exact) mass is 289 g/mol. The average Bonchev–Trinajstić information content (AvgIpc) is 2.88.